The molecule has 2 nitrogen and oxygen atoms in total. The smallest absolute Gasteiger partial charge is 0.346 e. The number of aryl methyl sites for hydroxylation is 1. The van der Waals surface area contributed by atoms with Crippen LogP contribution in [0.2, 0.25) is 0 Å². The third kappa shape index (κ3) is 2.49. The Balaban J connectivity index is 1.46. The molecule has 2 fully saturated rings. The van der Waals surface area contributed by atoms with Crippen LogP contribution in [0, 0.1) is 23.7 Å². The lowest BCUT2D eigenvalue weighted by Crippen LogP contribution is -2.28. The number of aromatic amines is 1. The minimum atomic E-state index is -4.08. The molecule has 1 N–H and O–H groups in total. The number of aromatic nitrogens is 2. The average molecular weight is 298 g/mol. The Labute approximate surface area is 122 Å². The first-order valence-electron chi connectivity index (χ1n) is 8.12. The van der Waals surface area contributed by atoms with Crippen LogP contribution in [0.3, 0.4) is 0 Å². The number of H-pyrrole nitrogens is 1. The molecule has 2 bridgehead atoms. The summed E-state index contributed by atoms with van der Waals surface area (Å²) in [5.74, 6) is 2.18. The van der Waals surface area contributed by atoms with E-state index in [2.05, 4.69) is 9.97 Å². The summed E-state index contributed by atoms with van der Waals surface area (Å²) in [7, 11) is 0. The molecular formula is C16H21F3N2. The van der Waals surface area contributed by atoms with Gasteiger partial charge >= 0.3 is 6.18 Å². The van der Waals surface area contributed by atoms with Crippen LogP contribution in [0.4, 0.5) is 13.2 Å². The number of nitrogens with zero attached hydrogens (tertiary/aromatic N) is 1. The Morgan fingerprint density at radius 3 is 2.67 bits per heavy atom. The summed E-state index contributed by atoms with van der Waals surface area (Å²) in [5.41, 5.74) is 1.62. The summed E-state index contributed by atoms with van der Waals surface area (Å²) < 4.78 is 38.5. The maximum atomic E-state index is 12.8. The monoisotopic (exact) mass is 298 g/mol. The number of alkyl halides is 3. The van der Waals surface area contributed by atoms with Gasteiger partial charge in [-0.15, -0.1) is 0 Å². The number of nitrogens with one attached hydrogen (secondary N) is 1. The van der Waals surface area contributed by atoms with Crippen molar-refractivity contribution in [3.8, 4) is 0 Å². The summed E-state index contributed by atoms with van der Waals surface area (Å²) in [4.78, 5) is 7.80. The highest BCUT2D eigenvalue weighted by Crippen LogP contribution is 2.49. The van der Waals surface area contributed by atoms with E-state index in [1.807, 2.05) is 0 Å². The number of halogens is 3. The molecule has 5 heteroatoms. The SMILES string of the molecule is FC(F)(F)C1CCc2nc(CC3CC4CCC3C4)[nH]c2C1. The Kier molecular flexibility index (Phi) is 3.09. The third-order valence-corrected chi connectivity index (χ3v) is 5.90. The molecule has 0 saturated heterocycles. The first-order valence-corrected chi connectivity index (χ1v) is 8.12. The molecule has 2 saturated carbocycles. The highest BCUT2D eigenvalue weighted by Gasteiger charge is 2.43. The molecule has 0 aliphatic heterocycles. The van der Waals surface area contributed by atoms with E-state index in [-0.39, 0.29) is 12.8 Å². The lowest BCUT2D eigenvalue weighted by Gasteiger charge is -2.23. The van der Waals surface area contributed by atoms with Gasteiger partial charge in [0, 0.05) is 18.5 Å². The van der Waals surface area contributed by atoms with Crippen molar-refractivity contribution in [1.29, 1.82) is 0 Å². The lowest BCUT2D eigenvalue weighted by molar-refractivity contribution is -0.177. The Morgan fingerprint density at radius 1 is 1.14 bits per heavy atom. The number of rotatable bonds is 2. The molecule has 4 rings (SSSR count). The fraction of sp³-hybridized carbons (Fsp3) is 0.812. The van der Waals surface area contributed by atoms with E-state index in [9.17, 15) is 13.2 Å². The van der Waals surface area contributed by atoms with Gasteiger partial charge in [-0.25, -0.2) is 4.98 Å². The van der Waals surface area contributed by atoms with Gasteiger partial charge in [0.1, 0.15) is 5.82 Å². The molecule has 3 aliphatic rings. The molecule has 0 aromatic carbocycles. The van der Waals surface area contributed by atoms with Gasteiger partial charge in [-0.1, -0.05) is 6.42 Å². The van der Waals surface area contributed by atoms with Crippen LogP contribution in [0.15, 0.2) is 0 Å². The normalized spacial score (nSPS) is 35.2. The van der Waals surface area contributed by atoms with Crippen LogP contribution in [0.25, 0.3) is 0 Å². The molecule has 3 aliphatic carbocycles. The van der Waals surface area contributed by atoms with Gasteiger partial charge in [-0.3, -0.25) is 0 Å². The second-order valence-electron chi connectivity index (χ2n) is 7.23. The van der Waals surface area contributed by atoms with E-state index in [1.54, 1.807) is 0 Å². The quantitative estimate of drug-likeness (QED) is 0.876. The minimum Gasteiger partial charge on any atom is -0.346 e. The van der Waals surface area contributed by atoms with E-state index in [0.29, 0.717) is 12.3 Å². The van der Waals surface area contributed by atoms with Crippen molar-refractivity contribution in [2.24, 2.45) is 23.7 Å². The van der Waals surface area contributed by atoms with Crippen LogP contribution in [-0.4, -0.2) is 16.1 Å². The highest BCUT2D eigenvalue weighted by molar-refractivity contribution is 5.19. The van der Waals surface area contributed by atoms with Gasteiger partial charge in [0.25, 0.3) is 0 Å². The maximum Gasteiger partial charge on any atom is 0.392 e. The predicted molar refractivity (Wildman–Crippen MR) is 72.8 cm³/mol. The van der Waals surface area contributed by atoms with Crippen LogP contribution in [0.1, 0.15) is 49.3 Å². The zero-order valence-corrected chi connectivity index (χ0v) is 12.0. The molecule has 0 spiro atoms. The van der Waals surface area contributed by atoms with Gasteiger partial charge in [0.05, 0.1) is 11.6 Å². The lowest BCUT2D eigenvalue weighted by atomic mass is 9.86. The van der Waals surface area contributed by atoms with Gasteiger partial charge in [-0.05, 0) is 49.9 Å². The van der Waals surface area contributed by atoms with Crippen molar-refractivity contribution in [1.82, 2.24) is 9.97 Å². The second kappa shape index (κ2) is 4.75. The molecule has 0 radical (unpaired) electrons. The van der Waals surface area contributed by atoms with Crippen molar-refractivity contribution in [2.45, 2.75) is 57.5 Å². The van der Waals surface area contributed by atoms with E-state index in [1.165, 1.54) is 25.7 Å². The summed E-state index contributed by atoms with van der Waals surface area (Å²) in [6, 6.07) is 0. The Bertz CT molecular complexity index is 534. The maximum absolute atomic E-state index is 12.8. The summed E-state index contributed by atoms with van der Waals surface area (Å²) >= 11 is 0. The highest BCUT2D eigenvalue weighted by atomic mass is 19.4. The topological polar surface area (TPSA) is 28.7 Å². The molecule has 1 aromatic rings. The molecular weight excluding hydrogens is 277 g/mol. The molecule has 4 unspecified atom stereocenters. The van der Waals surface area contributed by atoms with Crippen LogP contribution < -0.4 is 0 Å². The molecule has 4 atom stereocenters. The molecule has 1 heterocycles. The van der Waals surface area contributed by atoms with Crippen LogP contribution >= 0.6 is 0 Å². The van der Waals surface area contributed by atoms with Crippen molar-refractivity contribution >= 4 is 0 Å². The zero-order chi connectivity index (χ0) is 14.6. The van der Waals surface area contributed by atoms with Gasteiger partial charge in [0.15, 0.2) is 0 Å². The molecule has 1 aromatic heterocycles. The fourth-order valence-corrected chi connectivity index (χ4v) is 4.79. The average Bonchev–Trinajstić information content (AvgIpc) is 3.09. The van der Waals surface area contributed by atoms with Gasteiger partial charge in [0.2, 0.25) is 0 Å². The summed E-state index contributed by atoms with van der Waals surface area (Å²) in [6.45, 7) is 0. The Morgan fingerprint density at radius 2 is 2.00 bits per heavy atom. The first kappa shape index (κ1) is 13.6. The summed E-state index contributed by atoms with van der Waals surface area (Å²) in [5, 5.41) is 0. The summed E-state index contributed by atoms with van der Waals surface area (Å²) in [6.07, 6.45) is 2.97. The largest absolute Gasteiger partial charge is 0.392 e. The van der Waals surface area contributed by atoms with E-state index in [4.69, 9.17) is 0 Å². The predicted octanol–water partition coefficient (Wildman–Crippen LogP) is 4.06. The first-order chi connectivity index (χ1) is 9.99. The molecule has 21 heavy (non-hydrogen) atoms. The zero-order valence-electron chi connectivity index (χ0n) is 12.0. The van der Waals surface area contributed by atoms with Crippen molar-refractivity contribution in [3.63, 3.8) is 0 Å². The van der Waals surface area contributed by atoms with Crippen molar-refractivity contribution in [2.75, 3.05) is 0 Å². The molecule has 116 valence electrons. The fourth-order valence-electron chi connectivity index (χ4n) is 4.79. The standard InChI is InChI=1S/C16H21F3N2/c17-16(18,19)12-3-4-13-14(8-12)21-15(20-13)7-11-6-9-1-2-10(11)5-9/h9-12H,1-8H2,(H,20,21). The van der Waals surface area contributed by atoms with E-state index < -0.39 is 12.1 Å². The Hall–Kier alpha value is -1.00. The van der Waals surface area contributed by atoms with Crippen molar-refractivity contribution < 1.29 is 13.2 Å². The second-order valence-corrected chi connectivity index (χ2v) is 7.23. The van der Waals surface area contributed by atoms with Crippen LogP contribution in [-0.2, 0) is 19.3 Å². The van der Waals surface area contributed by atoms with Crippen molar-refractivity contribution in [3.05, 3.63) is 17.2 Å². The number of hydrogen-bond acceptors (Lipinski definition) is 1. The number of hydrogen-bond donors (Lipinski definition) is 1. The van der Waals surface area contributed by atoms with E-state index in [0.717, 1.165) is 35.5 Å². The minimum absolute atomic E-state index is 0.0859. The van der Waals surface area contributed by atoms with Crippen LogP contribution in [0.5, 0.6) is 0 Å². The third-order valence-electron chi connectivity index (χ3n) is 5.90. The van der Waals surface area contributed by atoms with Gasteiger partial charge < -0.3 is 4.98 Å². The number of imidazole rings is 1. The molecule has 0 amide bonds. The van der Waals surface area contributed by atoms with E-state index >= 15 is 0 Å². The number of fused-ring (bicyclic) bond motifs is 3. The van der Waals surface area contributed by atoms with Gasteiger partial charge in [-0.2, -0.15) is 13.2 Å².